The molecule has 20 heavy (non-hydrogen) atoms. The fourth-order valence-corrected chi connectivity index (χ4v) is 4.45. The smallest absolute Gasteiger partial charge is 0.252 e. The number of nitrogens with zero attached hydrogens (tertiary/aromatic N) is 1. The molecule has 1 amide bonds. The normalized spacial score (nSPS) is 20.2. The van der Waals surface area contributed by atoms with Crippen molar-refractivity contribution in [2.75, 3.05) is 17.3 Å². The molecule has 0 radical (unpaired) electrons. The quantitative estimate of drug-likeness (QED) is 0.845. The van der Waals surface area contributed by atoms with Crippen LogP contribution in [0.25, 0.3) is 0 Å². The molecular weight excluding hydrogens is 296 g/mol. The second-order valence-electron chi connectivity index (χ2n) is 4.52. The van der Waals surface area contributed by atoms with Crippen LogP contribution in [0.1, 0.15) is 16.8 Å². The fourth-order valence-electron chi connectivity index (χ4n) is 2.06. The van der Waals surface area contributed by atoms with Crippen molar-refractivity contribution in [3.63, 3.8) is 0 Å². The van der Waals surface area contributed by atoms with Crippen LogP contribution in [0.2, 0.25) is 0 Å². The highest BCUT2D eigenvalue weighted by Gasteiger charge is 2.29. The predicted octanol–water partition coefficient (Wildman–Crippen LogP) is 1.22. The van der Waals surface area contributed by atoms with Crippen LogP contribution in [-0.4, -0.2) is 37.6 Å². The number of sulfone groups is 1. The molecule has 1 atom stereocenters. The molecule has 2 rings (SSSR count). The minimum atomic E-state index is -3.01. The van der Waals surface area contributed by atoms with Gasteiger partial charge in [0.1, 0.15) is 0 Å². The van der Waals surface area contributed by atoms with Crippen LogP contribution in [0.3, 0.4) is 0 Å². The van der Waals surface area contributed by atoms with Crippen molar-refractivity contribution in [3.8, 4) is 6.07 Å². The zero-order chi connectivity index (χ0) is 14.6. The molecule has 0 bridgehead atoms. The largest absolute Gasteiger partial charge is 0.348 e. The summed E-state index contributed by atoms with van der Waals surface area (Å²) in [5.41, 5.74) is 0.483. The molecule has 1 aliphatic rings. The van der Waals surface area contributed by atoms with Crippen molar-refractivity contribution < 1.29 is 13.2 Å². The number of amides is 1. The number of hydrogen-bond acceptors (Lipinski definition) is 5. The summed E-state index contributed by atoms with van der Waals surface area (Å²) in [5, 5.41) is 11.4. The van der Waals surface area contributed by atoms with E-state index >= 15 is 0 Å². The third kappa shape index (κ3) is 3.74. The van der Waals surface area contributed by atoms with E-state index in [-0.39, 0.29) is 29.2 Å². The Balaban J connectivity index is 2.08. The molecule has 1 aromatic carbocycles. The average molecular weight is 310 g/mol. The zero-order valence-electron chi connectivity index (χ0n) is 10.7. The van der Waals surface area contributed by atoms with Crippen LogP contribution in [-0.2, 0) is 9.84 Å². The number of nitrogens with one attached hydrogen (secondary N) is 1. The van der Waals surface area contributed by atoms with Gasteiger partial charge in [0.15, 0.2) is 9.84 Å². The molecule has 0 aliphatic carbocycles. The Labute approximate surface area is 122 Å². The lowest BCUT2D eigenvalue weighted by Gasteiger charge is -2.12. The topological polar surface area (TPSA) is 87.0 Å². The second-order valence-corrected chi connectivity index (χ2v) is 7.76. The Bertz CT molecular complexity index is 650. The van der Waals surface area contributed by atoms with E-state index in [1.54, 1.807) is 24.3 Å². The Hall–Kier alpha value is -1.52. The zero-order valence-corrected chi connectivity index (χ0v) is 12.3. The van der Waals surface area contributed by atoms with E-state index in [1.165, 1.54) is 11.8 Å². The molecule has 0 saturated carbocycles. The Morgan fingerprint density at radius 2 is 2.20 bits per heavy atom. The van der Waals surface area contributed by atoms with Crippen molar-refractivity contribution in [1.82, 2.24) is 5.32 Å². The molecule has 0 aromatic heterocycles. The molecule has 5 nitrogen and oxygen atoms in total. The van der Waals surface area contributed by atoms with Crippen LogP contribution in [0.4, 0.5) is 0 Å². The molecule has 0 unspecified atom stereocenters. The highest BCUT2D eigenvalue weighted by atomic mass is 32.2. The summed E-state index contributed by atoms with van der Waals surface area (Å²) in [7, 11) is -3.01. The first-order valence-corrected chi connectivity index (χ1v) is 8.92. The lowest BCUT2D eigenvalue weighted by Crippen LogP contribution is -2.35. The lowest BCUT2D eigenvalue weighted by atomic mass is 10.2. The average Bonchev–Trinajstić information content (AvgIpc) is 2.76. The Morgan fingerprint density at radius 1 is 1.45 bits per heavy atom. The Kier molecular flexibility index (Phi) is 4.68. The monoisotopic (exact) mass is 310 g/mol. The number of hydrogen-bond donors (Lipinski definition) is 1. The van der Waals surface area contributed by atoms with Crippen LogP contribution in [0, 0.1) is 11.3 Å². The van der Waals surface area contributed by atoms with E-state index in [0.29, 0.717) is 12.0 Å². The molecule has 1 saturated heterocycles. The highest BCUT2D eigenvalue weighted by molar-refractivity contribution is 7.99. The standard InChI is InChI=1S/C13H14N2O3S2/c14-6-7-19-12-4-2-1-3-11(12)13(16)15-10-5-8-20(17,18)9-10/h1-4,10H,5,7-9H2,(H,15,16)/t10-/m1/s1. The van der Waals surface area contributed by atoms with Gasteiger partial charge in [-0.3, -0.25) is 4.79 Å². The molecule has 1 aliphatic heterocycles. The first kappa shape index (κ1) is 14.9. The minimum absolute atomic E-state index is 0.00620. The highest BCUT2D eigenvalue weighted by Crippen LogP contribution is 2.22. The molecule has 7 heteroatoms. The number of thioether (sulfide) groups is 1. The van der Waals surface area contributed by atoms with E-state index < -0.39 is 9.84 Å². The molecule has 0 spiro atoms. The van der Waals surface area contributed by atoms with Gasteiger partial charge in [-0.2, -0.15) is 5.26 Å². The maximum absolute atomic E-state index is 12.2. The summed E-state index contributed by atoms with van der Waals surface area (Å²) in [4.78, 5) is 12.9. The van der Waals surface area contributed by atoms with Gasteiger partial charge < -0.3 is 5.32 Å². The van der Waals surface area contributed by atoms with Gasteiger partial charge in [-0.15, -0.1) is 11.8 Å². The van der Waals surface area contributed by atoms with Gasteiger partial charge in [-0.05, 0) is 18.6 Å². The number of nitriles is 1. The first-order valence-electron chi connectivity index (χ1n) is 6.12. The number of carbonyl (C=O) groups excluding carboxylic acids is 1. The summed E-state index contributed by atoms with van der Waals surface area (Å²) in [5.74, 6) is 0.116. The van der Waals surface area contributed by atoms with Gasteiger partial charge in [0, 0.05) is 10.9 Å². The number of rotatable bonds is 4. The SMILES string of the molecule is N#CCSc1ccccc1C(=O)N[C@@H]1CCS(=O)(=O)C1. The van der Waals surface area contributed by atoms with E-state index in [9.17, 15) is 13.2 Å². The van der Waals surface area contributed by atoms with Gasteiger partial charge in [0.05, 0.1) is 28.9 Å². The van der Waals surface area contributed by atoms with Crippen LogP contribution < -0.4 is 5.32 Å². The summed E-state index contributed by atoms with van der Waals surface area (Å²) in [6.45, 7) is 0. The van der Waals surface area contributed by atoms with Gasteiger partial charge in [0.2, 0.25) is 0 Å². The number of benzene rings is 1. The summed E-state index contributed by atoms with van der Waals surface area (Å²) in [6.07, 6.45) is 0.460. The molecule has 1 N–H and O–H groups in total. The van der Waals surface area contributed by atoms with Crippen LogP contribution in [0.15, 0.2) is 29.2 Å². The van der Waals surface area contributed by atoms with Gasteiger partial charge >= 0.3 is 0 Å². The van der Waals surface area contributed by atoms with Gasteiger partial charge in [-0.1, -0.05) is 12.1 Å². The van der Waals surface area contributed by atoms with E-state index in [2.05, 4.69) is 5.32 Å². The lowest BCUT2D eigenvalue weighted by molar-refractivity contribution is 0.0938. The van der Waals surface area contributed by atoms with E-state index in [4.69, 9.17) is 5.26 Å². The van der Waals surface area contributed by atoms with Crippen LogP contribution >= 0.6 is 11.8 Å². The molecule has 1 aromatic rings. The number of carbonyl (C=O) groups is 1. The maximum Gasteiger partial charge on any atom is 0.252 e. The predicted molar refractivity (Wildman–Crippen MR) is 77.3 cm³/mol. The van der Waals surface area contributed by atoms with E-state index in [1.807, 2.05) is 6.07 Å². The van der Waals surface area contributed by atoms with Crippen molar-refractivity contribution in [1.29, 1.82) is 5.26 Å². The third-order valence-electron chi connectivity index (χ3n) is 2.99. The minimum Gasteiger partial charge on any atom is -0.348 e. The van der Waals surface area contributed by atoms with Crippen molar-refractivity contribution in [2.24, 2.45) is 0 Å². The summed E-state index contributed by atoms with van der Waals surface area (Å²) < 4.78 is 22.8. The molecule has 1 fully saturated rings. The van der Waals surface area contributed by atoms with Gasteiger partial charge in [-0.25, -0.2) is 8.42 Å². The molecule has 106 valence electrons. The first-order chi connectivity index (χ1) is 9.52. The van der Waals surface area contributed by atoms with Gasteiger partial charge in [0.25, 0.3) is 5.91 Å². The van der Waals surface area contributed by atoms with E-state index in [0.717, 1.165) is 4.90 Å². The van der Waals surface area contributed by atoms with Crippen molar-refractivity contribution in [2.45, 2.75) is 17.4 Å². The third-order valence-corrected chi connectivity index (χ3v) is 5.70. The molecular formula is C13H14N2O3S2. The Morgan fingerprint density at radius 3 is 2.85 bits per heavy atom. The van der Waals surface area contributed by atoms with Crippen molar-refractivity contribution in [3.05, 3.63) is 29.8 Å². The summed E-state index contributed by atoms with van der Waals surface area (Å²) >= 11 is 1.29. The molecule has 1 heterocycles. The maximum atomic E-state index is 12.2. The van der Waals surface area contributed by atoms with Crippen LogP contribution in [0.5, 0.6) is 0 Å². The fraction of sp³-hybridized carbons (Fsp3) is 0.385. The van der Waals surface area contributed by atoms with Crippen molar-refractivity contribution >= 4 is 27.5 Å². The summed E-state index contributed by atoms with van der Waals surface area (Å²) in [6, 6.07) is 8.71. The second kappa shape index (κ2) is 6.29.